The van der Waals surface area contributed by atoms with Crippen LogP contribution in [0, 0.1) is 19.7 Å². The van der Waals surface area contributed by atoms with Gasteiger partial charge in [0.25, 0.3) is 0 Å². The van der Waals surface area contributed by atoms with Gasteiger partial charge in [-0.3, -0.25) is 4.79 Å². The highest BCUT2D eigenvalue weighted by molar-refractivity contribution is 5.92. The summed E-state index contributed by atoms with van der Waals surface area (Å²) in [4.78, 5) is 29.7. The second kappa shape index (κ2) is 13.4. The van der Waals surface area contributed by atoms with E-state index in [1.807, 2.05) is 57.2 Å². The summed E-state index contributed by atoms with van der Waals surface area (Å²) < 4.78 is 24.5. The fraction of sp³-hybridized carbons (Fsp3) is 0.357. The van der Waals surface area contributed by atoms with Crippen LogP contribution in [0.2, 0.25) is 0 Å². The van der Waals surface area contributed by atoms with Crippen molar-refractivity contribution >= 4 is 17.6 Å². The van der Waals surface area contributed by atoms with Gasteiger partial charge in [-0.25, -0.2) is 9.18 Å². The first-order chi connectivity index (χ1) is 17.3. The SMILES string of the molecule is CCOCCCN(CC(=O)N(Cc1ccc(F)cc1)Cc1ccc(C)o1)C(=O)Nc1ccc(C)cc1. The van der Waals surface area contributed by atoms with Crippen LogP contribution < -0.4 is 5.32 Å². The summed E-state index contributed by atoms with van der Waals surface area (Å²) in [5.41, 5.74) is 2.52. The van der Waals surface area contributed by atoms with Crippen molar-refractivity contribution in [3.8, 4) is 0 Å². The number of halogens is 1. The molecule has 0 spiro atoms. The molecule has 0 aliphatic heterocycles. The highest BCUT2D eigenvalue weighted by Gasteiger charge is 2.23. The Kier molecular flexibility index (Phi) is 10.1. The van der Waals surface area contributed by atoms with Gasteiger partial charge in [0.1, 0.15) is 23.9 Å². The summed E-state index contributed by atoms with van der Waals surface area (Å²) in [7, 11) is 0. The molecule has 36 heavy (non-hydrogen) atoms. The highest BCUT2D eigenvalue weighted by Crippen LogP contribution is 2.15. The zero-order chi connectivity index (χ0) is 25.9. The van der Waals surface area contributed by atoms with E-state index >= 15 is 0 Å². The van der Waals surface area contributed by atoms with Crippen LogP contribution >= 0.6 is 0 Å². The largest absolute Gasteiger partial charge is 0.464 e. The Balaban J connectivity index is 1.75. The predicted molar refractivity (Wildman–Crippen MR) is 137 cm³/mol. The van der Waals surface area contributed by atoms with Crippen LogP contribution in [0.15, 0.2) is 65.1 Å². The van der Waals surface area contributed by atoms with E-state index in [1.54, 1.807) is 17.0 Å². The molecule has 1 heterocycles. The number of aryl methyl sites for hydroxylation is 2. The van der Waals surface area contributed by atoms with Crippen molar-refractivity contribution in [3.63, 3.8) is 0 Å². The molecule has 0 radical (unpaired) electrons. The second-order valence-corrected chi connectivity index (χ2v) is 8.66. The molecule has 0 saturated carbocycles. The van der Waals surface area contributed by atoms with Gasteiger partial charge in [-0.15, -0.1) is 0 Å². The third-order valence-electron chi connectivity index (χ3n) is 5.62. The molecule has 7 nitrogen and oxygen atoms in total. The number of carbonyl (C=O) groups is 2. The van der Waals surface area contributed by atoms with E-state index < -0.39 is 0 Å². The van der Waals surface area contributed by atoms with Gasteiger partial charge in [0.2, 0.25) is 5.91 Å². The Morgan fingerprint density at radius 1 is 0.944 bits per heavy atom. The summed E-state index contributed by atoms with van der Waals surface area (Å²) in [5, 5.41) is 2.88. The number of ether oxygens (including phenoxy) is 1. The van der Waals surface area contributed by atoms with E-state index in [0.29, 0.717) is 37.6 Å². The molecule has 1 aromatic heterocycles. The lowest BCUT2D eigenvalue weighted by Gasteiger charge is -2.27. The molecule has 0 atom stereocenters. The molecule has 3 amide bonds. The zero-order valence-electron chi connectivity index (χ0n) is 21.1. The Bertz CT molecular complexity index is 1110. The van der Waals surface area contributed by atoms with Gasteiger partial charge in [-0.1, -0.05) is 29.8 Å². The minimum Gasteiger partial charge on any atom is -0.464 e. The Labute approximate surface area is 211 Å². The third-order valence-corrected chi connectivity index (χ3v) is 5.62. The van der Waals surface area contributed by atoms with Crippen LogP contribution in [0.3, 0.4) is 0 Å². The number of anilines is 1. The van der Waals surface area contributed by atoms with Crippen molar-refractivity contribution in [2.45, 2.75) is 40.3 Å². The maximum Gasteiger partial charge on any atom is 0.322 e. The minimum absolute atomic E-state index is 0.120. The van der Waals surface area contributed by atoms with E-state index in [-0.39, 0.29) is 37.4 Å². The molecule has 0 unspecified atom stereocenters. The Morgan fingerprint density at radius 2 is 1.67 bits per heavy atom. The Hall–Kier alpha value is -3.65. The molecule has 0 bridgehead atoms. The summed E-state index contributed by atoms with van der Waals surface area (Å²) in [5.74, 6) is 0.791. The number of urea groups is 1. The average molecular weight is 496 g/mol. The monoisotopic (exact) mass is 495 g/mol. The lowest BCUT2D eigenvalue weighted by Crippen LogP contribution is -2.44. The lowest BCUT2D eigenvalue weighted by atomic mass is 10.2. The van der Waals surface area contributed by atoms with Crippen molar-refractivity contribution in [1.29, 1.82) is 0 Å². The van der Waals surface area contributed by atoms with E-state index in [4.69, 9.17) is 9.15 Å². The minimum atomic E-state index is -0.362. The smallest absolute Gasteiger partial charge is 0.322 e. The molecule has 0 aliphatic carbocycles. The van der Waals surface area contributed by atoms with Gasteiger partial charge in [0.15, 0.2) is 0 Å². The number of nitrogens with one attached hydrogen (secondary N) is 1. The summed E-state index contributed by atoms with van der Waals surface area (Å²) in [6, 6.07) is 16.8. The van der Waals surface area contributed by atoms with Crippen molar-refractivity contribution in [1.82, 2.24) is 9.80 Å². The molecule has 192 valence electrons. The van der Waals surface area contributed by atoms with Crippen LogP contribution in [0.25, 0.3) is 0 Å². The van der Waals surface area contributed by atoms with Gasteiger partial charge in [-0.2, -0.15) is 0 Å². The van der Waals surface area contributed by atoms with Crippen molar-refractivity contribution in [2.24, 2.45) is 0 Å². The van der Waals surface area contributed by atoms with Crippen LogP contribution in [0.1, 0.15) is 36.0 Å². The molecular formula is C28H34FN3O4. The quantitative estimate of drug-likeness (QED) is 0.336. The number of carbonyl (C=O) groups excluding carboxylic acids is 2. The molecule has 0 aliphatic rings. The topological polar surface area (TPSA) is 75.0 Å². The second-order valence-electron chi connectivity index (χ2n) is 8.66. The number of amides is 3. The Morgan fingerprint density at radius 3 is 2.31 bits per heavy atom. The number of benzene rings is 2. The van der Waals surface area contributed by atoms with Gasteiger partial charge in [-0.05, 0) is 69.2 Å². The zero-order valence-corrected chi connectivity index (χ0v) is 21.1. The number of nitrogens with zero attached hydrogens (tertiary/aromatic N) is 2. The van der Waals surface area contributed by atoms with Gasteiger partial charge >= 0.3 is 6.03 Å². The molecule has 0 saturated heterocycles. The standard InChI is InChI=1S/C28H34FN3O4/c1-4-35-17-5-16-31(28(34)30-25-13-6-21(2)7-14-25)20-27(33)32(19-26-15-8-22(3)36-26)18-23-9-11-24(29)12-10-23/h6-15H,4-5,16-20H2,1-3H3,(H,30,34). The predicted octanol–water partition coefficient (Wildman–Crippen LogP) is 5.53. The van der Waals surface area contributed by atoms with Crippen molar-refractivity contribution < 1.29 is 23.1 Å². The first-order valence-corrected chi connectivity index (χ1v) is 12.1. The summed E-state index contributed by atoms with van der Waals surface area (Å²) in [6.07, 6.45) is 0.595. The maximum atomic E-state index is 13.5. The van der Waals surface area contributed by atoms with E-state index in [2.05, 4.69) is 5.32 Å². The fourth-order valence-electron chi connectivity index (χ4n) is 3.66. The molecule has 2 aromatic carbocycles. The normalized spacial score (nSPS) is 10.8. The highest BCUT2D eigenvalue weighted by atomic mass is 19.1. The van der Waals surface area contributed by atoms with Crippen LogP contribution in [0.4, 0.5) is 14.9 Å². The molecular weight excluding hydrogens is 461 g/mol. The lowest BCUT2D eigenvalue weighted by molar-refractivity contribution is -0.133. The van der Waals surface area contributed by atoms with Crippen molar-refractivity contribution in [3.05, 3.63) is 89.1 Å². The van der Waals surface area contributed by atoms with Gasteiger partial charge < -0.3 is 24.3 Å². The number of furan rings is 1. The summed E-state index contributed by atoms with van der Waals surface area (Å²) in [6.45, 7) is 7.52. The van der Waals surface area contributed by atoms with E-state index in [9.17, 15) is 14.0 Å². The third kappa shape index (κ3) is 8.53. The van der Waals surface area contributed by atoms with Crippen LogP contribution in [0.5, 0.6) is 0 Å². The molecule has 3 aromatic rings. The molecule has 3 rings (SSSR count). The van der Waals surface area contributed by atoms with Gasteiger partial charge in [0, 0.05) is 32.0 Å². The van der Waals surface area contributed by atoms with Crippen LogP contribution in [-0.2, 0) is 22.6 Å². The van der Waals surface area contributed by atoms with E-state index in [0.717, 1.165) is 16.9 Å². The van der Waals surface area contributed by atoms with Crippen molar-refractivity contribution in [2.75, 3.05) is 31.6 Å². The summed E-state index contributed by atoms with van der Waals surface area (Å²) >= 11 is 0. The number of hydrogen-bond acceptors (Lipinski definition) is 4. The maximum absolute atomic E-state index is 13.5. The molecule has 1 N–H and O–H groups in total. The van der Waals surface area contributed by atoms with Gasteiger partial charge in [0.05, 0.1) is 6.54 Å². The number of rotatable bonds is 12. The fourth-order valence-corrected chi connectivity index (χ4v) is 3.66. The first kappa shape index (κ1) is 26.9. The average Bonchev–Trinajstić information content (AvgIpc) is 3.27. The number of hydrogen-bond donors (Lipinski definition) is 1. The first-order valence-electron chi connectivity index (χ1n) is 12.1. The van der Waals surface area contributed by atoms with E-state index in [1.165, 1.54) is 17.0 Å². The molecule has 8 heteroatoms. The molecule has 0 fully saturated rings. The van der Waals surface area contributed by atoms with Crippen LogP contribution in [-0.4, -0.2) is 48.0 Å².